The molecule has 3 saturated heterocycles. The van der Waals surface area contributed by atoms with Gasteiger partial charge in [0.25, 0.3) is 0 Å². The number of unbranched alkanes of at least 4 members (excludes halogenated alkanes) is 2. The Labute approximate surface area is 215 Å². The molecule has 9 nitrogen and oxygen atoms in total. The Balaban J connectivity index is 1.18. The van der Waals surface area contributed by atoms with Crippen molar-refractivity contribution in [2.24, 2.45) is 5.92 Å². The summed E-state index contributed by atoms with van der Waals surface area (Å²) in [7, 11) is 0. The molecule has 0 bridgehead atoms. The lowest BCUT2D eigenvalue weighted by Crippen LogP contribution is -2.52. The van der Waals surface area contributed by atoms with Gasteiger partial charge in [-0.25, -0.2) is 4.68 Å². The van der Waals surface area contributed by atoms with Crippen molar-refractivity contribution in [1.82, 2.24) is 24.8 Å². The van der Waals surface area contributed by atoms with Crippen molar-refractivity contribution in [2.75, 3.05) is 39.3 Å². The van der Waals surface area contributed by atoms with E-state index in [4.69, 9.17) is 14.7 Å². The van der Waals surface area contributed by atoms with E-state index >= 15 is 0 Å². The van der Waals surface area contributed by atoms with Crippen LogP contribution in [0.15, 0.2) is 6.20 Å². The molecule has 5 atom stereocenters. The third-order valence-electron chi connectivity index (χ3n) is 7.63. The molecule has 3 aliphatic rings. The molecule has 196 valence electrons. The van der Waals surface area contributed by atoms with Crippen LogP contribution in [-0.2, 0) is 14.3 Å². The Morgan fingerprint density at radius 3 is 2.75 bits per heavy atom. The fourth-order valence-corrected chi connectivity index (χ4v) is 5.40. The Morgan fingerprint density at radius 1 is 1.17 bits per heavy atom. The van der Waals surface area contributed by atoms with Crippen LogP contribution in [0.4, 0.5) is 0 Å². The third kappa shape index (κ3) is 7.29. The zero-order chi connectivity index (χ0) is 25.3. The van der Waals surface area contributed by atoms with E-state index in [0.29, 0.717) is 24.6 Å². The minimum Gasteiger partial charge on any atom is -0.377 e. The first-order chi connectivity index (χ1) is 17.5. The van der Waals surface area contributed by atoms with Crippen molar-refractivity contribution in [1.29, 1.82) is 5.26 Å². The van der Waals surface area contributed by atoms with E-state index in [0.717, 1.165) is 71.4 Å². The number of hydrogen-bond donors (Lipinski definition) is 0. The zero-order valence-corrected chi connectivity index (χ0v) is 21.8. The number of rotatable bonds is 9. The Hall–Kier alpha value is -2.46. The van der Waals surface area contributed by atoms with Gasteiger partial charge in [0.15, 0.2) is 5.69 Å². The summed E-state index contributed by atoms with van der Waals surface area (Å²) in [5, 5.41) is 17.0. The molecule has 3 fully saturated rings. The Bertz CT molecular complexity index is 949. The molecule has 0 radical (unpaired) electrons. The zero-order valence-electron chi connectivity index (χ0n) is 21.8. The van der Waals surface area contributed by atoms with Gasteiger partial charge in [0.2, 0.25) is 5.91 Å². The maximum absolute atomic E-state index is 13.2. The highest BCUT2D eigenvalue weighted by molar-refractivity contribution is 5.79. The van der Waals surface area contributed by atoms with Gasteiger partial charge in [-0.15, -0.1) is 5.10 Å². The van der Waals surface area contributed by atoms with Crippen molar-refractivity contribution >= 4 is 5.91 Å². The summed E-state index contributed by atoms with van der Waals surface area (Å²) < 4.78 is 14.0. The van der Waals surface area contributed by atoms with Gasteiger partial charge in [0.1, 0.15) is 0 Å². The molecule has 4 heterocycles. The molecular weight excluding hydrogens is 456 g/mol. The van der Waals surface area contributed by atoms with Crippen molar-refractivity contribution in [3.63, 3.8) is 0 Å². The van der Waals surface area contributed by atoms with Crippen LogP contribution in [-0.4, -0.2) is 88.3 Å². The van der Waals surface area contributed by atoms with Crippen LogP contribution in [0.2, 0.25) is 0 Å². The van der Waals surface area contributed by atoms with Gasteiger partial charge in [-0.1, -0.05) is 18.1 Å². The summed E-state index contributed by atoms with van der Waals surface area (Å²) in [5.74, 6) is 6.17. The number of amides is 1. The van der Waals surface area contributed by atoms with E-state index in [1.165, 1.54) is 6.42 Å². The van der Waals surface area contributed by atoms with Gasteiger partial charge < -0.3 is 14.4 Å². The normalized spacial score (nSPS) is 26.2. The molecule has 3 aliphatic heterocycles. The highest BCUT2D eigenvalue weighted by Crippen LogP contribution is 2.31. The van der Waals surface area contributed by atoms with Gasteiger partial charge in [0.05, 0.1) is 42.5 Å². The largest absolute Gasteiger partial charge is 0.377 e. The van der Waals surface area contributed by atoms with E-state index in [2.05, 4.69) is 40.0 Å². The number of nitriles is 1. The molecule has 0 saturated carbocycles. The number of ether oxygens (including phenoxy) is 2. The van der Waals surface area contributed by atoms with Gasteiger partial charge in [-0.05, 0) is 51.4 Å². The second-order valence-corrected chi connectivity index (χ2v) is 10.4. The van der Waals surface area contributed by atoms with Crippen molar-refractivity contribution in [3.05, 3.63) is 11.9 Å². The molecule has 1 aromatic heterocycles. The Kier molecular flexibility index (Phi) is 9.75. The fraction of sp³-hybridized carbons (Fsp3) is 0.778. The van der Waals surface area contributed by atoms with Crippen LogP contribution in [0.5, 0.6) is 0 Å². The van der Waals surface area contributed by atoms with E-state index in [1.807, 2.05) is 22.7 Å². The topological polar surface area (TPSA) is 96.5 Å². The maximum atomic E-state index is 13.2. The SMILES string of the molecule is C[C@H](C[C@@H]1CC[C@H]([C@@H](C)C(=O)N2CCN(CC3CCCO3)CC2)O1)n1cc(C#CCCCC#N)nn1. The van der Waals surface area contributed by atoms with Crippen LogP contribution in [0, 0.1) is 29.1 Å². The summed E-state index contributed by atoms with van der Waals surface area (Å²) in [6.07, 6.45) is 9.37. The van der Waals surface area contributed by atoms with Gasteiger partial charge in [-0.3, -0.25) is 9.69 Å². The van der Waals surface area contributed by atoms with Gasteiger partial charge in [0, 0.05) is 52.2 Å². The summed E-state index contributed by atoms with van der Waals surface area (Å²) >= 11 is 0. The summed E-state index contributed by atoms with van der Waals surface area (Å²) in [4.78, 5) is 17.6. The lowest BCUT2D eigenvalue weighted by Gasteiger charge is -2.37. The molecule has 1 aromatic rings. The van der Waals surface area contributed by atoms with Crippen LogP contribution in [0.1, 0.15) is 76.9 Å². The van der Waals surface area contributed by atoms with Crippen molar-refractivity contribution < 1.29 is 14.3 Å². The number of piperazine rings is 1. The first-order valence-corrected chi connectivity index (χ1v) is 13.6. The van der Waals surface area contributed by atoms with E-state index in [-0.39, 0.29) is 30.1 Å². The standard InChI is InChI=1S/C27H40N6O3/c1-21(33-19-23(29-30-33)8-5-3-4-6-12-28)18-24-10-11-26(36-24)22(2)27(34)32-15-13-31(14-16-32)20-25-9-7-17-35-25/h19,21-22,24-26H,3-4,6-7,9-11,13-18,20H2,1-2H3/t21-,22-,24+,25?,26-/m1/s1. The maximum Gasteiger partial charge on any atom is 0.228 e. The average molecular weight is 497 g/mol. The predicted octanol–water partition coefficient (Wildman–Crippen LogP) is 2.78. The first-order valence-electron chi connectivity index (χ1n) is 13.6. The van der Waals surface area contributed by atoms with E-state index < -0.39 is 0 Å². The van der Waals surface area contributed by atoms with Crippen LogP contribution in [0.3, 0.4) is 0 Å². The molecule has 0 aliphatic carbocycles. The summed E-state index contributed by atoms with van der Waals surface area (Å²) in [5.41, 5.74) is 0.652. The smallest absolute Gasteiger partial charge is 0.228 e. The molecule has 1 unspecified atom stereocenters. The first kappa shape index (κ1) is 26.6. The number of carbonyl (C=O) groups is 1. The number of nitrogens with zero attached hydrogens (tertiary/aromatic N) is 6. The monoisotopic (exact) mass is 496 g/mol. The molecule has 0 spiro atoms. The number of aromatic nitrogens is 3. The second-order valence-electron chi connectivity index (χ2n) is 10.4. The molecular formula is C27H40N6O3. The van der Waals surface area contributed by atoms with Gasteiger partial charge >= 0.3 is 0 Å². The van der Waals surface area contributed by atoms with Crippen LogP contribution in [0.25, 0.3) is 0 Å². The van der Waals surface area contributed by atoms with Crippen LogP contribution < -0.4 is 0 Å². The predicted molar refractivity (Wildman–Crippen MR) is 135 cm³/mol. The summed E-state index contributed by atoms with van der Waals surface area (Å²) in [6.45, 7) is 9.45. The molecule has 9 heteroatoms. The van der Waals surface area contributed by atoms with E-state index in [9.17, 15) is 4.79 Å². The average Bonchev–Trinajstić information content (AvgIpc) is 3.66. The lowest BCUT2D eigenvalue weighted by atomic mass is 9.99. The highest BCUT2D eigenvalue weighted by Gasteiger charge is 2.36. The van der Waals surface area contributed by atoms with Gasteiger partial charge in [-0.2, -0.15) is 5.26 Å². The van der Waals surface area contributed by atoms with Crippen molar-refractivity contribution in [2.45, 2.75) is 89.6 Å². The fourth-order valence-electron chi connectivity index (χ4n) is 5.40. The lowest BCUT2D eigenvalue weighted by molar-refractivity contribution is -0.141. The summed E-state index contributed by atoms with van der Waals surface area (Å²) in [6, 6.07) is 2.26. The van der Waals surface area contributed by atoms with Crippen molar-refractivity contribution in [3.8, 4) is 17.9 Å². The highest BCUT2D eigenvalue weighted by atomic mass is 16.5. The Morgan fingerprint density at radius 2 is 2.00 bits per heavy atom. The molecule has 4 rings (SSSR count). The third-order valence-corrected chi connectivity index (χ3v) is 7.63. The quantitative estimate of drug-likeness (QED) is 0.383. The molecule has 36 heavy (non-hydrogen) atoms. The number of carbonyl (C=O) groups excluding carboxylic acids is 1. The molecule has 1 amide bonds. The number of hydrogen-bond acceptors (Lipinski definition) is 7. The molecule has 0 N–H and O–H groups in total. The minimum atomic E-state index is -0.121. The molecule has 0 aromatic carbocycles. The second kappa shape index (κ2) is 13.2. The van der Waals surface area contributed by atoms with E-state index in [1.54, 1.807) is 0 Å². The minimum absolute atomic E-state index is 0.0230. The van der Waals surface area contributed by atoms with Crippen LogP contribution >= 0.6 is 0 Å².